The van der Waals surface area contributed by atoms with E-state index in [0.29, 0.717) is 11.4 Å². The highest BCUT2D eigenvalue weighted by molar-refractivity contribution is 8.02. The molecule has 0 aliphatic rings. The average molecular weight is 294 g/mol. The Morgan fingerprint density at radius 3 is 2.89 bits per heavy atom. The van der Waals surface area contributed by atoms with Crippen molar-refractivity contribution in [3.8, 4) is 0 Å². The number of thioether (sulfide) groups is 1. The van der Waals surface area contributed by atoms with Gasteiger partial charge >= 0.3 is 0 Å². The number of nitrogens with zero attached hydrogens (tertiary/aromatic N) is 2. The molecule has 1 heterocycles. The average Bonchev–Trinajstić information content (AvgIpc) is 2.74. The molecule has 1 aromatic heterocycles. The van der Waals surface area contributed by atoms with Gasteiger partial charge in [-0.25, -0.2) is 0 Å². The maximum absolute atomic E-state index is 12.0. The van der Waals surface area contributed by atoms with E-state index in [9.17, 15) is 4.79 Å². The Labute approximate surface area is 119 Å². The van der Waals surface area contributed by atoms with Crippen molar-refractivity contribution in [3.05, 3.63) is 29.3 Å². The van der Waals surface area contributed by atoms with E-state index >= 15 is 0 Å². The maximum atomic E-state index is 12.0. The van der Waals surface area contributed by atoms with Crippen molar-refractivity contribution < 1.29 is 4.79 Å². The van der Waals surface area contributed by atoms with Crippen LogP contribution in [-0.2, 0) is 4.79 Å². The van der Waals surface area contributed by atoms with E-state index in [-0.39, 0.29) is 11.2 Å². The Morgan fingerprint density at radius 2 is 2.26 bits per heavy atom. The molecule has 5 nitrogen and oxygen atoms in total. The molecule has 1 atom stereocenters. The van der Waals surface area contributed by atoms with Gasteiger partial charge in [-0.15, -0.1) is 10.2 Å². The van der Waals surface area contributed by atoms with Gasteiger partial charge in [0.2, 0.25) is 5.91 Å². The van der Waals surface area contributed by atoms with Crippen molar-refractivity contribution in [1.82, 2.24) is 10.2 Å². The Balaban J connectivity index is 1.96. The van der Waals surface area contributed by atoms with Crippen molar-refractivity contribution in [2.75, 3.05) is 11.1 Å². The molecule has 2 aromatic rings. The van der Waals surface area contributed by atoms with E-state index in [1.54, 1.807) is 24.3 Å². The number of carbonyl (C=O) groups excluding carboxylic acids is 1. The summed E-state index contributed by atoms with van der Waals surface area (Å²) in [5, 5.41) is 11.4. The van der Waals surface area contributed by atoms with Gasteiger partial charge in [-0.1, -0.05) is 29.2 Å². The molecule has 19 heavy (non-hydrogen) atoms. The molecular weight excluding hydrogens is 280 g/mol. The van der Waals surface area contributed by atoms with Crippen LogP contribution in [0.4, 0.5) is 11.4 Å². The maximum Gasteiger partial charge on any atom is 0.237 e. The number of hydrogen-bond acceptors (Lipinski definition) is 6. The van der Waals surface area contributed by atoms with E-state index in [4.69, 9.17) is 5.73 Å². The Bertz CT molecular complexity index is 585. The Hall–Kier alpha value is -1.60. The molecule has 1 unspecified atom stereocenters. The number of nitrogens with two attached hydrogens (primary N) is 1. The number of aryl methyl sites for hydroxylation is 1. The van der Waals surface area contributed by atoms with Crippen LogP contribution in [0.15, 0.2) is 28.6 Å². The van der Waals surface area contributed by atoms with Crippen LogP contribution in [-0.4, -0.2) is 21.4 Å². The first kappa shape index (κ1) is 13.8. The summed E-state index contributed by atoms with van der Waals surface area (Å²) in [6.45, 7) is 3.72. The number of rotatable bonds is 4. The second-order valence-corrected chi connectivity index (χ2v) is 6.73. The Morgan fingerprint density at radius 1 is 1.47 bits per heavy atom. The van der Waals surface area contributed by atoms with Gasteiger partial charge in [0.1, 0.15) is 5.01 Å². The van der Waals surface area contributed by atoms with E-state index in [2.05, 4.69) is 15.5 Å². The van der Waals surface area contributed by atoms with Crippen LogP contribution in [0.25, 0.3) is 0 Å². The number of nitrogens with one attached hydrogen (secondary N) is 1. The Kier molecular flexibility index (Phi) is 4.39. The van der Waals surface area contributed by atoms with Gasteiger partial charge in [0, 0.05) is 11.4 Å². The standard InChI is InChI=1S/C12H14N4OS2/c1-7(18-12-16-15-8(2)19-12)11(17)14-10-5-3-4-9(13)6-10/h3-7H,13H2,1-2H3,(H,14,17). The molecule has 100 valence electrons. The van der Waals surface area contributed by atoms with Gasteiger partial charge in [0.15, 0.2) is 4.34 Å². The molecule has 0 saturated heterocycles. The first-order valence-corrected chi connectivity index (χ1v) is 7.37. The van der Waals surface area contributed by atoms with E-state index in [1.165, 1.54) is 23.1 Å². The van der Waals surface area contributed by atoms with E-state index in [1.807, 2.05) is 13.8 Å². The van der Waals surface area contributed by atoms with Crippen LogP contribution in [0, 0.1) is 6.92 Å². The van der Waals surface area contributed by atoms with Crippen LogP contribution in [0.5, 0.6) is 0 Å². The van der Waals surface area contributed by atoms with Crippen LogP contribution in [0.2, 0.25) is 0 Å². The zero-order chi connectivity index (χ0) is 13.8. The molecule has 7 heteroatoms. The molecule has 0 bridgehead atoms. The molecule has 1 amide bonds. The van der Waals surface area contributed by atoms with E-state index in [0.717, 1.165) is 9.35 Å². The number of amides is 1. The highest BCUT2D eigenvalue weighted by atomic mass is 32.2. The minimum atomic E-state index is -0.242. The van der Waals surface area contributed by atoms with E-state index < -0.39 is 0 Å². The summed E-state index contributed by atoms with van der Waals surface area (Å²) in [5.74, 6) is -0.0801. The summed E-state index contributed by atoms with van der Waals surface area (Å²) in [4.78, 5) is 12.0. The monoisotopic (exact) mass is 294 g/mol. The largest absolute Gasteiger partial charge is 0.399 e. The number of aromatic nitrogens is 2. The molecule has 0 saturated carbocycles. The third kappa shape index (κ3) is 3.93. The van der Waals surface area contributed by atoms with Gasteiger partial charge in [0.25, 0.3) is 0 Å². The van der Waals surface area contributed by atoms with Gasteiger partial charge in [0.05, 0.1) is 5.25 Å². The van der Waals surface area contributed by atoms with Crippen molar-refractivity contribution in [3.63, 3.8) is 0 Å². The summed E-state index contributed by atoms with van der Waals surface area (Å²) >= 11 is 2.88. The number of nitrogen functional groups attached to an aromatic ring is 1. The lowest BCUT2D eigenvalue weighted by molar-refractivity contribution is -0.115. The lowest BCUT2D eigenvalue weighted by atomic mass is 10.3. The van der Waals surface area contributed by atoms with Crippen molar-refractivity contribution >= 4 is 40.4 Å². The summed E-state index contributed by atoms with van der Waals surface area (Å²) in [6, 6.07) is 7.11. The number of benzene rings is 1. The zero-order valence-corrected chi connectivity index (χ0v) is 12.2. The molecular formula is C12H14N4OS2. The van der Waals surface area contributed by atoms with Gasteiger partial charge < -0.3 is 11.1 Å². The minimum absolute atomic E-state index is 0.0801. The second kappa shape index (κ2) is 6.03. The normalized spacial score (nSPS) is 12.1. The van der Waals surface area contributed by atoms with Gasteiger partial charge in [-0.2, -0.15) is 0 Å². The number of anilines is 2. The van der Waals surface area contributed by atoms with Crippen LogP contribution >= 0.6 is 23.1 Å². The first-order valence-electron chi connectivity index (χ1n) is 5.68. The fraction of sp³-hybridized carbons (Fsp3) is 0.250. The molecule has 0 fully saturated rings. The fourth-order valence-electron chi connectivity index (χ4n) is 1.39. The molecule has 0 aliphatic heterocycles. The molecule has 0 spiro atoms. The number of hydrogen-bond donors (Lipinski definition) is 2. The highest BCUT2D eigenvalue weighted by Gasteiger charge is 2.16. The predicted octanol–water partition coefficient (Wildman–Crippen LogP) is 2.55. The summed E-state index contributed by atoms with van der Waals surface area (Å²) in [5.41, 5.74) is 6.99. The third-order valence-corrected chi connectivity index (χ3v) is 4.33. The predicted molar refractivity (Wildman–Crippen MR) is 79.4 cm³/mol. The van der Waals surface area contributed by atoms with Gasteiger partial charge in [-0.05, 0) is 32.0 Å². The minimum Gasteiger partial charge on any atom is -0.399 e. The lowest BCUT2D eigenvalue weighted by Crippen LogP contribution is -2.22. The molecule has 2 rings (SSSR count). The van der Waals surface area contributed by atoms with Crippen LogP contribution in [0.1, 0.15) is 11.9 Å². The molecule has 3 N–H and O–H groups in total. The molecule has 0 aliphatic carbocycles. The fourth-order valence-corrected chi connectivity index (χ4v) is 3.35. The van der Waals surface area contributed by atoms with Crippen molar-refractivity contribution in [1.29, 1.82) is 0 Å². The van der Waals surface area contributed by atoms with Crippen molar-refractivity contribution in [2.45, 2.75) is 23.4 Å². The summed E-state index contributed by atoms with van der Waals surface area (Å²) in [7, 11) is 0. The topological polar surface area (TPSA) is 80.9 Å². The van der Waals surface area contributed by atoms with Crippen LogP contribution < -0.4 is 11.1 Å². The van der Waals surface area contributed by atoms with Crippen LogP contribution in [0.3, 0.4) is 0 Å². The first-order chi connectivity index (χ1) is 9.04. The highest BCUT2D eigenvalue weighted by Crippen LogP contribution is 2.27. The smallest absolute Gasteiger partial charge is 0.237 e. The second-order valence-electron chi connectivity index (χ2n) is 3.96. The molecule has 1 aromatic carbocycles. The summed E-state index contributed by atoms with van der Waals surface area (Å²) in [6.07, 6.45) is 0. The lowest BCUT2D eigenvalue weighted by Gasteiger charge is -2.10. The zero-order valence-electron chi connectivity index (χ0n) is 10.6. The summed E-state index contributed by atoms with van der Waals surface area (Å²) < 4.78 is 0.799. The third-order valence-electron chi connectivity index (χ3n) is 2.31. The quantitative estimate of drug-likeness (QED) is 0.669. The number of carbonyl (C=O) groups is 1. The van der Waals surface area contributed by atoms with Crippen molar-refractivity contribution in [2.24, 2.45) is 0 Å². The van der Waals surface area contributed by atoms with Gasteiger partial charge in [-0.3, -0.25) is 4.79 Å². The SMILES string of the molecule is Cc1nnc(SC(C)C(=O)Nc2cccc(N)c2)s1. The molecule has 0 radical (unpaired) electrons.